The number of nitrogens with zero attached hydrogens (tertiary/aromatic N) is 2. The first-order chi connectivity index (χ1) is 15.6. The minimum Gasteiger partial charge on any atom is -0.496 e. The number of esters is 1. The second-order valence-corrected chi connectivity index (χ2v) is 7.84. The highest BCUT2D eigenvalue weighted by Crippen LogP contribution is 2.27. The standard InChI is InChI=1S/C26H37N3O3/c1-5-6-7-8-9-12-17-29(2)24-16-15-21(26(30)32-4)18-23(24)28-20-27-19-22-13-10-11-14-25(22)31-3/h10-11,13-16,18,20H,5-9,12,17,19H2,1-4H3,(H,27,28). The average Bonchev–Trinajstić information content (AvgIpc) is 2.83. The Morgan fingerprint density at radius 2 is 1.81 bits per heavy atom. The fourth-order valence-corrected chi connectivity index (χ4v) is 3.57. The summed E-state index contributed by atoms with van der Waals surface area (Å²) in [5.41, 5.74) is 3.36. The van der Waals surface area contributed by atoms with Crippen molar-refractivity contribution in [2.45, 2.75) is 52.0 Å². The molecule has 0 unspecified atom stereocenters. The van der Waals surface area contributed by atoms with Crippen molar-refractivity contribution in [3.63, 3.8) is 0 Å². The van der Waals surface area contributed by atoms with Crippen LogP contribution in [0.25, 0.3) is 0 Å². The highest BCUT2D eigenvalue weighted by molar-refractivity contribution is 5.94. The zero-order valence-corrected chi connectivity index (χ0v) is 19.9. The van der Waals surface area contributed by atoms with E-state index in [4.69, 9.17) is 9.47 Å². The molecule has 0 saturated carbocycles. The van der Waals surface area contributed by atoms with E-state index >= 15 is 0 Å². The SMILES string of the molecule is CCCCCCCCN(C)c1ccc(C(=O)OC)cc1NC=NCc1ccccc1OC. The summed E-state index contributed by atoms with van der Waals surface area (Å²) in [5, 5.41) is 3.26. The van der Waals surface area contributed by atoms with Gasteiger partial charge < -0.3 is 19.7 Å². The summed E-state index contributed by atoms with van der Waals surface area (Å²) in [6, 6.07) is 13.4. The molecule has 0 heterocycles. The number of ether oxygens (including phenoxy) is 2. The van der Waals surface area contributed by atoms with Crippen molar-refractivity contribution in [1.82, 2.24) is 0 Å². The topological polar surface area (TPSA) is 63.2 Å². The van der Waals surface area contributed by atoms with Gasteiger partial charge in [0.1, 0.15) is 5.75 Å². The number of carbonyl (C=O) groups is 1. The largest absolute Gasteiger partial charge is 0.496 e. The molecule has 6 nitrogen and oxygen atoms in total. The molecule has 32 heavy (non-hydrogen) atoms. The number of hydrogen-bond acceptors (Lipinski definition) is 5. The van der Waals surface area contributed by atoms with E-state index < -0.39 is 0 Å². The molecular formula is C26H37N3O3. The lowest BCUT2D eigenvalue weighted by Crippen LogP contribution is -2.20. The number of hydrogen-bond donors (Lipinski definition) is 1. The lowest BCUT2D eigenvalue weighted by molar-refractivity contribution is 0.0601. The van der Waals surface area contributed by atoms with E-state index in [0.29, 0.717) is 12.1 Å². The maximum absolute atomic E-state index is 12.0. The summed E-state index contributed by atoms with van der Waals surface area (Å²) in [6.45, 7) is 3.69. The minimum atomic E-state index is -0.357. The van der Waals surface area contributed by atoms with Crippen LogP contribution in [-0.4, -0.2) is 40.1 Å². The van der Waals surface area contributed by atoms with Gasteiger partial charge in [-0.25, -0.2) is 4.79 Å². The van der Waals surface area contributed by atoms with E-state index in [2.05, 4.69) is 29.2 Å². The molecular weight excluding hydrogens is 402 g/mol. The van der Waals surface area contributed by atoms with Gasteiger partial charge in [0.15, 0.2) is 0 Å². The third-order valence-corrected chi connectivity index (χ3v) is 5.44. The Labute approximate surface area is 192 Å². The molecule has 0 saturated heterocycles. The first-order valence-electron chi connectivity index (χ1n) is 11.4. The Bertz CT molecular complexity index is 867. The summed E-state index contributed by atoms with van der Waals surface area (Å²) in [4.78, 5) is 18.7. The zero-order chi connectivity index (χ0) is 23.2. The van der Waals surface area contributed by atoms with Crippen LogP contribution in [0.15, 0.2) is 47.5 Å². The van der Waals surface area contributed by atoms with E-state index in [0.717, 1.165) is 35.7 Å². The number of unbranched alkanes of at least 4 members (excludes halogenated alkanes) is 5. The Hall–Kier alpha value is -3.02. The summed E-state index contributed by atoms with van der Waals surface area (Å²) in [5.74, 6) is 0.459. The van der Waals surface area contributed by atoms with Crippen molar-refractivity contribution in [2.75, 3.05) is 38.0 Å². The number of anilines is 2. The number of para-hydroxylation sites is 1. The van der Waals surface area contributed by atoms with Crippen molar-refractivity contribution in [3.8, 4) is 5.75 Å². The quantitative estimate of drug-likeness (QED) is 0.171. The van der Waals surface area contributed by atoms with E-state index in [9.17, 15) is 4.79 Å². The predicted molar refractivity (Wildman–Crippen MR) is 133 cm³/mol. The molecule has 0 aliphatic rings. The van der Waals surface area contributed by atoms with Gasteiger partial charge in [-0.05, 0) is 30.7 Å². The lowest BCUT2D eigenvalue weighted by Gasteiger charge is -2.23. The number of aliphatic imine (C=N–C) groups is 1. The van der Waals surface area contributed by atoms with Crippen LogP contribution in [0.4, 0.5) is 11.4 Å². The normalized spacial score (nSPS) is 10.9. The van der Waals surface area contributed by atoms with E-state index in [1.165, 1.54) is 39.2 Å². The molecule has 2 aromatic rings. The van der Waals surface area contributed by atoms with Gasteiger partial charge in [-0.1, -0.05) is 57.2 Å². The first-order valence-corrected chi connectivity index (χ1v) is 11.4. The summed E-state index contributed by atoms with van der Waals surface area (Å²) < 4.78 is 10.3. The van der Waals surface area contributed by atoms with Crippen LogP contribution < -0.4 is 15.0 Å². The minimum absolute atomic E-state index is 0.357. The average molecular weight is 440 g/mol. The molecule has 0 aliphatic heterocycles. The van der Waals surface area contributed by atoms with Gasteiger partial charge >= 0.3 is 5.97 Å². The van der Waals surface area contributed by atoms with Gasteiger partial charge in [-0.15, -0.1) is 0 Å². The first kappa shape index (κ1) is 25.2. The maximum atomic E-state index is 12.0. The van der Waals surface area contributed by atoms with Gasteiger partial charge in [0, 0.05) is 19.2 Å². The predicted octanol–water partition coefficient (Wildman–Crippen LogP) is 5.92. The van der Waals surface area contributed by atoms with Crippen LogP contribution in [0.2, 0.25) is 0 Å². The fraction of sp³-hybridized carbons (Fsp3) is 0.462. The molecule has 0 spiro atoms. The van der Waals surface area contributed by atoms with Crippen molar-refractivity contribution in [3.05, 3.63) is 53.6 Å². The molecule has 2 rings (SSSR count). The Morgan fingerprint density at radius 1 is 1.06 bits per heavy atom. The summed E-state index contributed by atoms with van der Waals surface area (Å²) in [6.07, 6.45) is 9.21. The van der Waals surface area contributed by atoms with Crippen molar-refractivity contribution in [1.29, 1.82) is 0 Å². The fourth-order valence-electron chi connectivity index (χ4n) is 3.57. The molecule has 1 N–H and O–H groups in total. The molecule has 0 aromatic heterocycles. The molecule has 0 fully saturated rings. The molecule has 0 aliphatic carbocycles. The summed E-state index contributed by atoms with van der Waals surface area (Å²) >= 11 is 0. The molecule has 174 valence electrons. The Kier molecular flexibility index (Phi) is 11.1. The van der Waals surface area contributed by atoms with Gasteiger partial charge in [0.05, 0.1) is 44.0 Å². The Balaban J connectivity index is 2.05. The number of carbonyl (C=O) groups excluding carboxylic acids is 1. The van der Waals surface area contributed by atoms with Crippen LogP contribution >= 0.6 is 0 Å². The smallest absolute Gasteiger partial charge is 0.337 e. The molecule has 2 aromatic carbocycles. The third kappa shape index (κ3) is 7.91. The monoisotopic (exact) mass is 439 g/mol. The number of rotatable bonds is 14. The zero-order valence-electron chi connectivity index (χ0n) is 19.9. The Morgan fingerprint density at radius 3 is 2.56 bits per heavy atom. The highest BCUT2D eigenvalue weighted by Gasteiger charge is 2.12. The van der Waals surface area contributed by atoms with Gasteiger partial charge in [0.25, 0.3) is 0 Å². The van der Waals surface area contributed by atoms with Crippen molar-refractivity contribution >= 4 is 23.7 Å². The van der Waals surface area contributed by atoms with Crippen LogP contribution in [0.1, 0.15) is 61.4 Å². The van der Waals surface area contributed by atoms with Crippen LogP contribution in [0.3, 0.4) is 0 Å². The molecule has 0 amide bonds. The van der Waals surface area contributed by atoms with Gasteiger partial charge in [-0.2, -0.15) is 0 Å². The third-order valence-electron chi connectivity index (χ3n) is 5.44. The van der Waals surface area contributed by atoms with E-state index in [1.54, 1.807) is 19.5 Å². The number of methoxy groups -OCH3 is 2. The van der Waals surface area contributed by atoms with Crippen LogP contribution in [0.5, 0.6) is 5.75 Å². The van der Waals surface area contributed by atoms with Gasteiger partial charge in [0.2, 0.25) is 0 Å². The molecule has 0 radical (unpaired) electrons. The second kappa shape index (κ2) is 14.1. The number of nitrogens with one attached hydrogen (secondary N) is 1. The lowest BCUT2D eigenvalue weighted by atomic mass is 10.1. The highest BCUT2D eigenvalue weighted by atomic mass is 16.5. The second-order valence-electron chi connectivity index (χ2n) is 7.84. The van der Waals surface area contributed by atoms with E-state index in [1.807, 2.05) is 36.4 Å². The molecule has 0 bridgehead atoms. The van der Waals surface area contributed by atoms with Crippen LogP contribution in [0, 0.1) is 0 Å². The van der Waals surface area contributed by atoms with Crippen molar-refractivity contribution < 1.29 is 14.3 Å². The maximum Gasteiger partial charge on any atom is 0.337 e. The van der Waals surface area contributed by atoms with E-state index in [-0.39, 0.29) is 5.97 Å². The van der Waals surface area contributed by atoms with Gasteiger partial charge in [-0.3, -0.25) is 4.99 Å². The molecule has 0 atom stereocenters. The number of benzene rings is 2. The van der Waals surface area contributed by atoms with Crippen LogP contribution in [-0.2, 0) is 11.3 Å². The van der Waals surface area contributed by atoms with Crippen molar-refractivity contribution in [2.24, 2.45) is 4.99 Å². The summed E-state index contributed by atoms with van der Waals surface area (Å²) in [7, 11) is 5.13. The molecule has 6 heteroatoms.